The zero-order valence-electron chi connectivity index (χ0n) is 29.4. The topological polar surface area (TPSA) is 162 Å². The number of ether oxygens (including phenoxy) is 5. The number of alkyl carbamates (subject to hydrolysis) is 1. The van der Waals surface area contributed by atoms with Crippen molar-refractivity contribution in [2.24, 2.45) is 23.0 Å². The molecule has 13 heteroatoms. The molecule has 0 spiro atoms. The third kappa shape index (κ3) is 6.83. The normalized spacial score (nSPS) is 46.5. The van der Waals surface area contributed by atoms with Gasteiger partial charge >= 0.3 is 12.1 Å². The Labute approximate surface area is 274 Å². The van der Waals surface area contributed by atoms with Gasteiger partial charge in [0.15, 0.2) is 17.7 Å². The van der Waals surface area contributed by atoms with Gasteiger partial charge < -0.3 is 49.6 Å². The molecule has 0 aromatic carbocycles. The number of amides is 1. The number of aliphatic hydroxyl groups is 1. The van der Waals surface area contributed by atoms with Crippen molar-refractivity contribution in [1.82, 2.24) is 15.1 Å². The average Bonchev–Trinajstić information content (AvgIpc) is 3.30. The summed E-state index contributed by atoms with van der Waals surface area (Å²) in [7, 11) is 5.76. The van der Waals surface area contributed by atoms with Crippen LogP contribution in [0.5, 0.6) is 0 Å². The Hall–Kier alpha value is -1.87. The number of nitrogens with zero attached hydrogens (tertiary/aromatic N) is 2. The zero-order valence-corrected chi connectivity index (χ0v) is 29.4. The van der Waals surface area contributed by atoms with Crippen LogP contribution < -0.4 is 11.1 Å². The number of nitrogens with one attached hydrogen (secondary N) is 1. The first-order chi connectivity index (χ1) is 21.4. The molecule has 0 aromatic heterocycles. The number of likely N-dealkylation sites (N-methyl/N-ethyl adjacent to an activating group) is 2. The summed E-state index contributed by atoms with van der Waals surface area (Å²) in [6.45, 7) is 14.1. The molecule has 0 radical (unpaired) electrons. The fourth-order valence-electron chi connectivity index (χ4n) is 8.31. The van der Waals surface area contributed by atoms with Crippen molar-refractivity contribution < 1.29 is 43.2 Å². The predicted molar refractivity (Wildman–Crippen MR) is 170 cm³/mol. The molecule has 4 N–H and O–H groups in total. The largest absolute Gasteiger partial charge is 0.457 e. The molecule has 0 aromatic rings. The van der Waals surface area contributed by atoms with Gasteiger partial charge in [-0.05, 0) is 80.4 Å². The number of fused-ring (bicyclic) bond motifs is 10. The van der Waals surface area contributed by atoms with Crippen LogP contribution in [0.4, 0.5) is 4.79 Å². The average molecular weight is 655 g/mol. The van der Waals surface area contributed by atoms with Crippen LogP contribution in [0.3, 0.4) is 0 Å². The number of Topliss-reactive ketones (excluding diaryl/α,β-unsaturated/α-hetero) is 1. The minimum atomic E-state index is -1.57. The Morgan fingerprint density at radius 3 is 2.43 bits per heavy atom. The van der Waals surface area contributed by atoms with Crippen LogP contribution in [0.25, 0.3) is 0 Å². The Bertz CT molecular complexity index is 1130. The van der Waals surface area contributed by atoms with Gasteiger partial charge in [0.05, 0.1) is 23.9 Å². The van der Waals surface area contributed by atoms with Crippen LogP contribution >= 0.6 is 0 Å². The second-order valence-electron chi connectivity index (χ2n) is 15.1. The molecule has 2 unspecified atom stereocenters. The fraction of sp³-hybridized carbons (Fsp3) is 0.909. The molecule has 5 fully saturated rings. The number of carbonyl (C=O) groups is 3. The maximum atomic E-state index is 14.6. The summed E-state index contributed by atoms with van der Waals surface area (Å²) < 4.78 is 31.6. The van der Waals surface area contributed by atoms with Crippen molar-refractivity contribution in [3.05, 3.63) is 0 Å². The molecule has 1 amide bonds. The van der Waals surface area contributed by atoms with Crippen LogP contribution in [-0.4, -0.2) is 134 Å². The fourth-order valence-corrected chi connectivity index (χ4v) is 8.31. The summed E-state index contributed by atoms with van der Waals surface area (Å²) in [6, 6.07) is -0.936. The summed E-state index contributed by atoms with van der Waals surface area (Å²) in [5.41, 5.74) is 2.30. The molecule has 0 saturated carbocycles. The molecule has 5 saturated heterocycles. The molecule has 5 aliphatic rings. The lowest BCUT2D eigenvalue weighted by Crippen LogP contribution is -2.62. The van der Waals surface area contributed by atoms with Gasteiger partial charge in [-0.2, -0.15) is 0 Å². The van der Waals surface area contributed by atoms with E-state index >= 15 is 0 Å². The molecule has 5 rings (SSSR count). The molecule has 46 heavy (non-hydrogen) atoms. The number of nitrogens with two attached hydrogens (primary N) is 1. The monoisotopic (exact) mass is 654 g/mol. The highest BCUT2D eigenvalue weighted by Crippen LogP contribution is 2.43. The summed E-state index contributed by atoms with van der Waals surface area (Å²) in [5, 5.41) is 14.4. The van der Waals surface area contributed by atoms with Gasteiger partial charge in [0.2, 0.25) is 0 Å². The van der Waals surface area contributed by atoms with E-state index in [0.717, 1.165) is 0 Å². The van der Waals surface area contributed by atoms with E-state index in [1.807, 2.05) is 46.8 Å². The van der Waals surface area contributed by atoms with E-state index in [1.54, 1.807) is 20.8 Å². The Morgan fingerprint density at radius 2 is 1.83 bits per heavy atom. The Morgan fingerprint density at radius 1 is 1.15 bits per heavy atom. The van der Waals surface area contributed by atoms with E-state index in [2.05, 4.69) is 17.1 Å². The third-order valence-electron chi connectivity index (χ3n) is 11.2. The second kappa shape index (κ2) is 13.9. The van der Waals surface area contributed by atoms with Crippen molar-refractivity contribution in [3.8, 4) is 0 Å². The molecule has 5 aliphatic heterocycles. The highest BCUT2D eigenvalue weighted by molar-refractivity contribution is 6.04. The maximum absolute atomic E-state index is 14.6. The smallest absolute Gasteiger partial charge is 0.408 e. The van der Waals surface area contributed by atoms with Crippen molar-refractivity contribution in [1.29, 1.82) is 0 Å². The predicted octanol–water partition coefficient (Wildman–Crippen LogP) is 1.68. The van der Waals surface area contributed by atoms with E-state index in [1.165, 1.54) is 0 Å². The number of rotatable bonds is 5. The third-order valence-corrected chi connectivity index (χ3v) is 11.2. The first-order valence-electron chi connectivity index (χ1n) is 16.9. The molecular weight excluding hydrogens is 596 g/mol. The quantitative estimate of drug-likeness (QED) is 0.291. The van der Waals surface area contributed by atoms with Gasteiger partial charge in [-0.25, -0.2) is 4.79 Å². The SMILES string of the molecule is CC[C@H]1OC(=O)[C@@]2(C)CCO[C@@](C)(C[C@@H](C)CN(C)[C@H](C)[C@H]3NC(=O)O[C@@]31C)[C@H](O[C@@H]1O[C@H](CN)CC(N(C)C)C1O)[C@@H](C)C2=O. The first-order valence-corrected chi connectivity index (χ1v) is 16.9. The van der Waals surface area contributed by atoms with Gasteiger partial charge in [-0.3, -0.25) is 9.59 Å². The van der Waals surface area contributed by atoms with E-state index in [0.29, 0.717) is 25.8 Å². The van der Waals surface area contributed by atoms with E-state index < -0.39 is 65.2 Å². The van der Waals surface area contributed by atoms with Crippen LogP contribution in [0.1, 0.15) is 74.1 Å². The number of hydrogen-bond donors (Lipinski definition) is 3. The first kappa shape index (κ1) is 37.0. The van der Waals surface area contributed by atoms with Crippen molar-refractivity contribution in [2.75, 3.05) is 40.8 Å². The number of ketones is 1. The molecule has 264 valence electrons. The molecular formula is C33H58N4O9. The number of carbonyl (C=O) groups excluding carboxylic acids is 3. The van der Waals surface area contributed by atoms with Crippen LogP contribution in [0.15, 0.2) is 0 Å². The van der Waals surface area contributed by atoms with E-state index in [9.17, 15) is 19.5 Å². The number of aliphatic hydroxyl groups excluding tert-OH is 1. The molecule has 0 aliphatic carbocycles. The van der Waals surface area contributed by atoms with E-state index in [-0.39, 0.29) is 49.5 Å². The highest BCUT2D eigenvalue weighted by Gasteiger charge is 2.59. The van der Waals surface area contributed by atoms with Gasteiger partial charge in [0, 0.05) is 37.7 Å². The number of hydrogen-bond acceptors (Lipinski definition) is 12. The minimum absolute atomic E-state index is 0.0504. The lowest BCUT2D eigenvalue weighted by atomic mass is 9.70. The summed E-state index contributed by atoms with van der Waals surface area (Å²) in [4.78, 5) is 45.4. The van der Waals surface area contributed by atoms with Crippen LogP contribution in [-0.2, 0) is 33.3 Å². The number of esters is 1. The van der Waals surface area contributed by atoms with Gasteiger partial charge in [-0.15, -0.1) is 0 Å². The molecule has 5 heterocycles. The maximum Gasteiger partial charge on any atom is 0.408 e. The standard InChI is InChI=1S/C33H58N4O9/c1-11-23-33(7)25(35-30(41)46-33)20(4)37(10)17-18(2)15-32(6)27(19(3)26(39)31(5,12-13-42-32)29(40)44-23)45-28-24(38)22(36(8)9)14-21(16-34)43-28/h18-25,27-28,38H,11-17,34H2,1-10H3,(H,35,41)/t18-,19+,20-,21+,22?,23-,24?,25-,27-,28+,31+,32+,33-/m1/s1. The minimum Gasteiger partial charge on any atom is -0.457 e. The Kier molecular flexibility index (Phi) is 11.2. The van der Waals surface area contributed by atoms with Crippen molar-refractivity contribution in [3.63, 3.8) is 0 Å². The van der Waals surface area contributed by atoms with Crippen LogP contribution in [0.2, 0.25) is 0 Å². The van der Waals surface area contributed by atoms with Gasteiger partial charge in [0.1, 0.15) is 17.6 Å². The van der Waals surface area contributed by atoms with Crippen LogP contribution in [0, 0.1) is 17.3 Å². The summed E-state index contributed by atoms with van der Waals surface area (Å²) >= 11 is 0. The highest BCUT2D eigenvalue weighted by atomic mass is 16.7. The van der Waals surface area contributed by atoms with Crippen molar-refractivity contribution >= 4 is 17.8 Å². The lowest BCUT2D eigenvalue weighted by Gasteiger charge is -2.49. The van der Waals surface area contributed by atoms with Crippen molar-refractivity contribution in [2.45, 2.75) is 134 Å². The zero-order chi connectivity index (χ0) is 34.4. The van der Waals surface area contributed by atoms with Gasteiger partial charge in [0.25, 0.3) is 0 Å². The molecule has 13 nitrogen and oxygen atoms in total. The Balaban J connectivity index is 1.79. The van der Waals surface area contributed by atoms with E-state index in [4.69, 9.17) is 29.4 Å². The van der Waals surface area contributed by atoms with Gasteiger partial charge in [-0.1, -0.05) is 20.8 Å². The molecule has 2 bridgehead atoms. The molecule has 13 atom stereocenters. The summed E-state index contributed by atoms with van der Waals surface area (Å²) in [6.07, 6.45) is -3.16. The second-order valence-corrected chi connectivity index (χ2v) is 15.1. The summed E-state index contributed by atoms with van der Waals surface area (Å²) in [5.74, 6) is -1.82. The lowest BCUT2D eigenvalue weighted by molar-refractivity contribution is -0.300.